The molecule has 1 aromatic heterocycles. The van der Waals surface area contributed by atoms with E-state index < -0.39 is 5.90 Å². The number of benzene rings is 1. The Kier molecular flexibility index (Phi) is 6.33. The van der Waals surface area contributed by atoms with Crippen LogP contribution in [0.5, 0.6) is 0 Å². The van der Waals surface area contributed by atoms with Gasteiger partial charge in [-0.1, -0.05) is 23.2 Å². The van der Waals surface area contributed by atoms with Crippen LogP contribution in [0, 0.1) is 5.41 Å². The first-order valence-corrected chi connectivity index (χ1v) is 6.46. The number of hydrogen-bond donors (Lipinski definition) is 1. The van der Waals surface area contributed by atoms with Crippen LogP contribution < -0.4 is 9.67 Å². The summed E-state index contributed by atoms with van der Waals surface area (Å²) in [5.74, 6) is -0.954. The molecule has 110 valence electrons. The maximum absolute atomic E-state index is 12.1. The Morgan fingerprint density at radius 2 is 1.90 bits per heavy atom. The summed E-state index contributed by atoms with van der Waals surface area (Å²) in [5, 5.41) is 18.7. The molecule has 0 saturated carbocycles. The topological polar surface area (TPSA) is 67.9 Å². The minimum atomic E-state index is -0.790. The van der Waals surface area contributed by atoms with Crippen molar-refractivity contribution in [3.8, 4) is 0 Å². The number of carbonyl (C=O) groups excluding carboxylic acids is 1. The minimum Gasteiger partial charge on any atom is -0.859 e. The van der Waals surface area contributed by atoms with Crippen LogP contribution >= 0.6 is 40.2 Å². The van der Waals surface area contributed by atoms with Crippen LogP contribution in [0.25, 0.3) is 0 Å². The molecule has 2 aromatic rings. The lowest BCUT2D eigenvalue weighted by atomic mass is 10.1. The zero-order chi connectivity index (χ0) is 14.7. The van der Waals surface area contributed by atoms with Crippen LogP contribution in [-0.4, -0.2) is 11.7 Å². The van der Waals surface area contributed by atoms with E-state index in [4.69, 9.17) is 28.6 Å². The molecule has 0 aliphatic rings. The first-order valence-electron chi connectivity index (χ1n) is 5.70. The highest BCUT2D eigenvalue weighted by molar-refractivity contribution is 8.93. The quantitative estimate of drug-likeness (QED) is 0.377. The zero-order valence-electron chi connectivity index (χ0n) is 10.7. The molecule has 0 amide bonds. The summed E-state index contributed by atoms with van der Waals surface area (Å²) < 4.78 is 1.55. The van der Waals surface area contributed by atoms with Crippen LogP contribution in [-0.2, 0) is 6.54 Å². The normalized spacial score (nSPS) is 9.81. The van der Waals surface area contributed by atoms with Crippen LogP contribution in [0.15, 0.2) is 42.7 Å². The van der Waals surface area contributed by atoms with Gasteiger partial charge in [0.2, 0.25) is 12.3 Å². The van der Waals surface area contributed by atoms with E-state index in [0.717, 1.165) is 0 Å². The fraction of sp³-hybridized carbons (Fsp3) is 0.0714. The van der Waals surface area contributed by atoms with E-state index in [9.17, 15) is 9.90 Å². The molecule has 1 aromatic carbocycles. The molecule has 0 unspecified atom stereocenters. The molecule has 2 rings (SSSR count). The lowest BCUT2D eigenvalue weighted by Gasteiger charge is -2.05. The highest BCUT2D eigenvalue weighted by atomic mass is 79.9. The number of halogens is 3. The van der Waals surface area contributed by atoms with Gasteiger partial charge >= 0.3 is 0 Å². The van der Waals surface area contributed by atoms with Crippen LogP contribution in [0.1, 0.15) is 15.9 Å². The molecule has 0 saturated heterocycles. The summed E-state index contributed by atoms with van der Waals surface area (Å²) in [6.45, 7) is 0.0546. The van der Waals surface area contributed by atoms with Crippen molar-refractivity contribution in [3.63, 3.8) is 0 Å². The Hall–Kier alpha value is -1.43. The number of hydrogen-bond acceptors (Lipinski definition) is 3. The van der Waals surface area contributed by atoms with Crippen LogP contribution in [0.4, 0.5) is 0 Å². The maximum Gasteiger partial charge on any atom is 0.227 e. The number of nitrogens with one attached hydrogen (secondary N) is 1. The van der Waals surface area contributed by atoms with Gasteiger partial charge in [0.25, 0.3) is 0 Å². The van der Waals surface area contributed by atoms with Gasteiger partial charge in [0.1, 0.15) is 0 Å². The van der Waals surface area contributed by atoms with Gasteiger partial charge in [-0.2, -0.15) is 4.57 Å². The third-order valence-corrected chi connectivity index (χ3v) is 3.43. The predicted octanol–water partition coefficient (Wildman–Crippen LogP) is 2.43. The highest BCUT2D eigenvalue weighted by Gasteiger charge is 2.13. The van der Waals surface area contributed by atoms with Gasteiger partial charge in [0.15, 0.2) is 12.4 Å². The van der Waals surface area contributed by atoms with Gasteiger partial charge in [-0.25, -0.2) is 0 Å². The molecule has 1 N–H and O–H groups in total. The summed E-state index contributed by atoms with van der Waals surface area (Å²) in [5.41, 5.74) is 0.670. The molecule has 0 radical (unpaired) electrons. The number of nitrogens with zero attached hydrogens (tertiary/aromatic N) is 1. The predicted molar refractivity (Wildman–Crippen MR) is 84.6 cm³/mol. The Balaban J connectivity index is 0.00000220. The van der Waals surface area contributed by atoms with Gasteiger partial charge in [-0.15, -0.1) is 17.0 Å². The van der Waals surface area contributed by atoms with Gasteiger partial charge < -0.3 is 10.5 Å². The van der Waals surface area contributed by atoms with Crippen LogP contribution in [0.3, 0.4) is 0 Å². The third-order valence-electron chi connectivity index (χ3n) is 2.69. The smallest absolute Gasteiger partial charge is 0.227 e. The number of aromatic nitrogens is 1. The lowest BCUT2D eigenvalue weighted by Crippen LogP contribution is -2.38. The van der Waals surface area contributed by atoms with E-state index in [1.54, 1.807) is 29.0 Å². The summed E-state index contributed by atoms with van der Waals surface area (Å²) in [4.78, 5) is 12.1. The SMILES string of the molecule is Br.N=C([O-])c1ccc[n+](CC(=O)c2ccc(Cl)c(Cl)c2)c1. The average molecular weight is 390 g/mol. The molecule has 4 nitrogen and oxygen atoms in total. The fourth-order valence-corrected chi connectivity index (χ4v) is 1.98. The first-order chi connectivity index (χ1) is 9.47. The summed E-state index contributed by atoms with van der Waals surface area (Å²) in [6, 6.07) is 7.80. The molecule has 0 fully saturated rings. The molecule has 1 heterocycles. The molecular weight excluding hydrogens is 379 g/mol. The molecule has 0 aliphatic heterocycles. The van der Waals surface area contributed by atoms with Crippen molar-refractivity contribution in [2.75, 3.05) is 0 Å². The van der Waals surface area contributed by atoms with E-state index >= 15 is 0 Å². The summed E-state index contributed by atoms with van der Waals surface area (Å²) in [6.07, 6.45) is 3.12. The van der Waals surface area contributed by atoms with Crippen molar-refractivity contribution in [2.24, 2.45) is 0 Å². The highest BCUT2D eigenvalue weighted by Crippen LogP contribution is 2.22. The minimum absolute atomic E-state index is 0. The van der Waals surface area contributed by atoms with E-state index in [0.29, 0.717) is 15.6 Å². The Morgan fingerprint density at radius 3 is 2.52 bits per heavy atom. The van der Waals surface area contributed by atoms with Crippen molar-refractivity contribution in [1.29, 1.82) is 5.41 Å². The van der Waals surface area contributed by atoms with Crippen molar-refractivity contribution >= 4 is 51.9 Å². The van der Waals surface area contributed by atoms with Crippen LogP contribution in [0.2, 0.25) is 10.0 Å². The Bertz CT molecular complexity index is 692. The number of carbonyl (C=O) groups is 1. The van der Waals surface area contributed by atoms with Gasteiger partial charge in [0, 0.05) is 17.2 Å². The largest absolute Gasteiger partial charge is 0.859 e. The maximum atomic E-state index is 12.1. The molecular formula is C14H11BrCl2N2O2. The van der Waals surface area contributed by atoms with Gasteiger partial charge in [-0.3, -0.25) is 4.79 Å². The Labute approximate surface area is 142 Å². The van der Waals surface area contributed by atoms with E-state index in [1.807, 2.05) is 0 Å². The second-order valence-corrected chi connectivity index (χ2v) is 4.96. The fourth-order valence-electron chi connectivity index (χ4n) is 1.68. The molecule has 7 heteroatoms. The van der Waals surface area contributed by atoms with Gasteiger partial charge in [-0.05, 0) is 30.2 Å². The summed E-state index contributed by atoms with van der Waals surface area (Å²) in [7, 11) is 0. The van der Waals surface area contributed by atoms with Crippen molar-refractivity contribution < 1.29 is 14.5 Å². The van der Waals surface area contributed by atoms with E-state index in [2.05, 4.69) is 0 Å². The second-order valence-electron chi connectivity index (χ2n) is 4.15. The van der Waals surface area contributed by atoms with Crippen molar-refractivity contribution in [1.82, 2.24) is 0 Å². The second kappa shape index (κ2) is 7.54. The van der Waals surface area contributed by atoms with Gasteiger partial charge in [0.05, 0.1) is 10.0 Å². The summed E-state index contributed by atoms with van der Waals surface area (Å²) >= 11 is 11.7. The van der Waals surface area contributed by atoms with Crippen molar-refractivity contribution in [2.45, 2.75) is 6.54 Å². The lowest BCUT2D eigenvalue weighted by molar-refractivity contribution is -0.683. The Morgan fingerprint density at radius 1 is 1.19 bits per heavy atom. The molecule has 0 bridgehead atoms. The molecule has 0 atom stereocenters. The average Bonchev–Trinajstić information content (AvgIpc) is 2.42. The monoisotopic (exact) mass is 388 g/mol. The molecule has 21 heavy (non-hydrogen) atoms. The van der Waals surface area contributed by atoms with E-state index in [-0.39, 0.29) is 34.9 Å². The number of Topliss-reactive ketones (excluding diaryl/α,β-unsaturated/α-hetero) is 1. The number of rotatable bonds is 4. The zero-order valence-corrected chi connectivity index (χ0v) is 13.9. The number of pyridine rings is 1. The van der Waals surface area contributed by atoms with E-state index in [1.165, 1.54) is 18.3 Å². The van der Waals surface area contributed by atoms with Crippen molar-refractivity contribution in [3.05, 3.63) is 63.9 Å². The molecule has 0 aliphatic carbocycles. The first kappa shape index (κ1) is 17.6. The standard InChI is InChI=1S/C14H10Cl2N2O2.BrH/c15-11-4-3-9(6-12(11)16)13(19)8-18-5-1-2-10(7-18)14(17)20;/h1-7H,8H2,(H-,17,20);1H. The third kappa shape index (κ3) is 4.52. The number of ketones is 1. The molecule has 0 spiro atoms.